The van der Waals surface area contributed by atoms with Crippen molar-refractivity contribution in [1.82, 2.24) is 15.1 Å². The van der Waals surface area contributed by atoms with Crippen molar-refractivity contribution in [3.05, 3.63) is 72.1 Å². The van der Waals surface area contributed by atoms with Gasteiger partial charge in [-0.25, -0.2) is 9.67 Å². The number of para-hydroxylation sites is 1. The van der Waals surface area contributed by atoms with Crippen molar-refractivity contribution >= 4 is 5.96 Å². The Kier molecular flexibility index (Phi) is 6.51. The zero-order chi connectivity index (χ0) is 19.8. The topological polar surface area (TPSA) is 86.7 Å². The Labute approximate surface area is 164 Å². The van der Waals surface area contributed by atoms with E-state index in [4.69, 9.17) is 15.2 Å². The zero-order valence-corrected chi connectivity index (χ0v) is 16.1. The average molecular weight is 379 g/mol. The molecule has 2 aromatic carbocycles. The molecule has 28 heavy (non-hydrogen) atoms. The van der Waals surface area contributed by atoms with Gasteiger partial charge in [-0.15, -0.1) is 0 Å². The fraction of sp³-hybridized carbons (Fsp3) is 0.238. The highest BCUT2D eigenvalue weighted by atomic mass is 16.5. The van der Waals surface area contributed by atoms with Crippen molar-refractivity contribution in [2.24, 2.45) is 10.7 Å². The molecule has 7 nitrogen and oxygen atoms in total. The number of ether oxygens (including phenoxy) is 2. The molecule has 0 aliphatic heterocycles. The van der Waals surface area contributed by atoms with Gasteiger partial charge in [-0.1, -0.05) is 24.3 Å². The number of aromatic nitrogens is 2. The Bertz CT molecular complexity index is 922. The monoisotopic (exact) mass is 379 g/mol. The van der Waals surface area contributed by atoms with Gasteiger partial charge in [0, 0.05) is 12.7 Å². The van der Waals surface area contributed by atoms with Gasteiger partial charge < -0.3 is 20.5 Å². The van der Waals surface area contributed by atoms with Gasteiger partial charge in [0.25, 0.3) is 0 Å². The van der Waals surface area contributed by atoms with Gasteiger partial charge in [-0.05, 0) is 41.8 Å². The van der Waals surface area contributed by atoms with Crippen molar-refractivity contribution in [3.8, 4) is 17.2 Å². The Hall–Kier alpha value is -3.48. The van der Waals surface area contributed by atoms with Crippen molar-refractivity contribution < 1.29 is 9.47 Å². The first-order valence-electron chi connectivity index (χ1n) is 9.03. The Morgan fingerprint density at radius 2 is 1.86 bits per heavy atom. The second-order valence-electron chi connectivity index (χ2n) is 6.20. The minimum absolute atomic E-state index is 0.408. The third-order valence-corrected chi connectivity index (χ3v) is 4.26. The number of nitrogens with one attached hydrogen (secondary N) is 1. The fourth-order valence-electron chi connectivity index (χ4n) is 2.76. The molecule has 3 rings (SSSR count). The number of hydrogen-bond donors (Lipinski definition) is 2. The van der Waals surface area contributed by atoms with Gasteiger partial charge in [0.1, 0.15) is 0 Å². The van der Waals surface area contributed by atoms with Crippen LogP contribution < -0.4 is 20.5 Å². The number of aliphatic imine (C=N–C) groups is 1. The van der Waals surface area contributed by atoms with Crippen LogP contribution in [0.2, 0.25) is 0 Å². The van der Waals surface area contributed by atoms with E-state index >= 15 is 0 Å². The van der Waals surface area contributed by atoms with Gasteiger partial charge in [-0.3, -0.25) is 0 Å². The smallest absolute Gasteiger partial charge is 0.188 e. The van der Waals surface area contributed by atoms with E-state index in [1.807, 2.05) is 65.6 Å². The summed E-state index contributed by atoms with van der Waals surface area (Å²) in [6, 6.07) is 15.7. The van der Waals surface area contributed by atoms with Gasteiger partial charge >= 0.3 is 0 Å². The van der Waals surface area contributed by atoms with Crippen molar-refractivity contribution in [2.45, 2.75) is 13.0 Å². The van der Waals surface area contributed by atoms with E-state index in [0.717, 1.165) is 23.2 Å². The van der Waals surface area contributed by atoms with Crippen molar-refractivity contribution in [1.29, 1.82) is 0 Å². The van der Waals surface area contributed by atoms with Crippen molar-refractivity contribution in [3.63, 3.8) is 0 Å². The van der Waals surface area contributed by atoms with E-state index in [2.05, 4.69) is 15.4 Å². The minimum atomic E-state index is 0.408. The van der Waals surface area contributed by atoms with E-state index in [0.29, 0.717) is 30.5 Å². The highest BCUT2D eigenvalue weighted by molar-refractivity contribution is 5.77. The van der Waals surface area contributed by atoms with E-state index in [1.165, 1.54) is 0 Å². The maximum Gasteiger partial charge on any atom is 0.188 e. The molecule has 3 aromatic rings. The summed E-state index contributed by atoms with van der Waals surface area (Å²) in [7, 11) is 3.22. The molecule has 0 radical (unpaired) electrons. The highest BCUT2D eigenvalue weighted by Gasteiger charge is 2.04. The van der Waals surface area contributed by atoms with Crippen molar-refractivity contribution in [2.75, 3.05) is 20.8 Å². The van der Waals surface area contributed by atoms with E-state index in [1.54, 1.807) is 14.2 Å². The first kappa shape index (κ1) is 19.3. The molecule has 0 unspecified atom stereocenters. The van der Waals surface area contributed by atoms with E-state index < -0.39 is 0 Å². The predicted octanol–water partition coefficient (Wildman–Crippen LogP) is 2.54. The van der Waals surface area contributed by atoms with E-state index in [9.17, 15) is 0 Å². The lowest BCUT2D eigenvalue weighted by Crippen LogP contribution is -2.33. The fourth-order valence-corrected chi connectivity index (χ4v) is 2.76. The number of guanidine groups is 1. The van der Waals surface area contributed by atoms with E-state index in [-0.39, 0.29) is 0 Å². The molecule has 7 heteroatoms. The molecule has 0 amide bonds. The standard InChI is InChI=1S/C21H25N5O2/c1-27-19-9-8-16(12-20(19)28-2)13-24-21(22)23-11-10-17-14-25-26(15-17)18-6-4-3-5-7-18/h3-9,12,14-15H,10-11,13H2,1-2H3,(H3,22,23,24). The van der Waals surface area contributed by atoms with Gasteiger partial charge in [0.05, 0.1) is 32.6 Å². The molecule has 0 spiro atoms. The molecule has 3 N–H and O–H groups in total. The third kappa shape index (κ3) is 5.03. The van der Waals surface area contributed by atoms with Crippen LogP contribution in [0.3, 0.4) is 0 Å². The van der Waals surface area contributed by atoms with Crippen LogP contribution >= 0.6 is 0 Å². The first-order chi connectivity index (χ1) is 13.7. The van der Waals surface area contributed by atoms with Crippen LogP contribution in [0.15, 0.2) is 65.9 Å². The Balaban J connectivity index is 1.49. The summed E-state index contributed by atoms with van der Waals surface area (Å²) >= 11 is 0. The molecule has 0 aliphatic rings. The number of rotatable bonds is 8. The predicted molar refractivity (Wildman–Crippen MR) is 110 cm³/mol. The summed E-state index contributed by atoms with van der Waals surface area (Å²) in [4.78, 5) is 4.38. The summed E-state index contributed by atoms with van der Waals surface area (Å²) in [5, 5.41) is 7.53. The highest BCUT2D eigenvalue weighted by Crippen LogP contribution is 2.27. The summed E-state index contributed by atoms with van der Waals surface area (Å²) in [5.74, 6) is 1.78. The first-order valence-corrected chi connectivity index (χ1v) is 9.03. The summed E-state index contributed by atoms with van der Waals surface area (Å²) < 4.78 is 12.4. The second kappa shape index (κ2) is 9.45. The maximum atomic E-state index is 5.97. The van der Waals surface area contributed by atoms with Crippen LogP contribution in [0.5, 0.6) is 11.5 Å². The van der Waals surface area contributed by atoms with Gasteiger partial charge in [-0.2, -0.15) is 5.10 Å². The molecular formula is C21H25N5O2. The number of benzene rings is 2. The molecule has 0 fully saturated rings. The van der Waals surface area contributed by atoms with Crippen LogP contribution in [-0.4, -0.2) is 36.5 Å². The van der Waals surface area contributed by atoms with Crippen LogP contribution in [0, 0.1) is 0 Å². The minimum Gasteiger partial charge on any atom is -0.493 e. The Morgan fingerprint density at radius 1 is 1.07 bits per heavy atom. The zero-order valence-electron chi connectivity index (χ0n) is 16.1. The van der Waals surface area contributed by atoms with Crippen LogP contribution in [0.1, 0.15) is 11.1 Å². The molecule has 146 valence electrons. The number of hydrogen-bond acceptors (Lipinski definition) is 4. The SMILES string of the molecule is COc1ccc(CN=C(N)NCCc2cnn(-c3ccccc3)c2)cc1OC. The lowest BCUT2D eigenvalue weighted by atomic mass is 10.2. The molecule has 0 bridgehead atoms. The normalized spacial score (nSPS) is 11.3. The molecule has 0 saturated carbocycles. The van der Waals surface area contributed by atoms with Crippen LogP contribution in [0.4, 0.5) is 0 Å². The third-order valence-electron chi connectivity index (χ3n) is 4.26. The molecule has 1 aromatic heterocycles. The quantitative estimate of drug-likeness (QED) is 0.464. The lowest BCUT2D eigenvalue weighted by Gasteiger charge is -2.09. The average Bonchev–Trinajstić information content (AvgIpc) is 3.21. The van der Waals surface area contributed by atoms with Crippen LogP contribution in [-0.2, 0) is 13.0 Å². The molecule has 0 aliphatic carbocycles. The molecule has 1 heterocycles. The van der Waals surface area contributed by atoms with Gasteiger partial charge in [0.2, 0.25) is 0 Å². The summed E-state index contributed by atoms with van der Waals surface area (Å²) in [6.45, 7) is 1.15. The summed E-state index contributed by atoms with van der Waals surface area (Å²) in [5.41, 5.74) is 9.13. The molecule has 0 saturated heterocycles. The Morgan fingerprint density at radius 3 is 2.61 bits per heavy atom. The second-order valence-corrected chi connectivity index (χ2v) is 6.20. The lowest BCUT2D eigenvalue weighted by molar-refractivity contribution is 0.354. The molecular weight excluding hydrogens is 354 g/mol. The summed E-state index contributed by atoms with van der Waals surface area (Å²) in [6.07, 6.45) is 4.69. The molecule has 0 atom stereocenters. The maximum absolute atomic E-state index is 5.97. The number of methoxy groups -OCH3 is 2. The number of nitrogens with zero attached hydrogens (tertiary/aromatic N) is 3. The van der Waals surface area contributed by atoms with Crippen LogP contribution in [0.25, 0.3) is 5.69 Å². The largest absolute Gasteiger partial charge is 0.493 e. The van der Waals surface area contributed by atoms with Gasteiger partial charge in [0.15, 0.2) is 17.5 Å². The number of nitrogens with two attached hydrogens (primary N) is 1.